The number of hydrogen-bond donors (Lipinski definition) is 0. The highest BCUT2D eigenvalue weighted by atomic mass is 19.2. The number of halogens is 2. The lowest BCUT2D eigenvalue weighted by molar-refractivity contribution is -0.362. The molecule has 1 aromatic carbocycles. The van der Waals surface area contributed by atoms with E-state index in [1.54, 1.807) is 36.1 Å². The summed E-state index contributed by atoms with van der Waals surface area (Å²) >= 11 is 0. The van der Waals surface area contributed by atoms with Gasteiger partial charge in [-0.1, -0.05) is 24.3 Å². The summed E-state index contributed by atoms with van der Waals surface area (Å²) in [6, 6.07) is 9.69. The molecule has 0 N–H and O–H groups in total. The van der Waals surface area contributed by atoms with Crippen LogP contribution in [0.3, 0.4) is 0 Å². The molecule has 4 aliphatic heterocycles. The first-order valence-electron chi connectivity index (χ1n) is 12.2. The van der Waals surface area contributed by atoms with Gasteiger partial charge in [-0.3, -0.25) is 9.59 Å². The summed E-state index contributed by atoms with van der Waals surface area (Å²) in [4.78, 5) is 29.5. The Bertz CT molecular complexity index is 1370. The van der Waals surface area contributed by atoms with Gasteiger partial charge in [0, 0.05) is 49.9 Å². The molecule has 1 atom stereocenters. The fourth-order valence-electron chi connectivity index (χ4n) is 6.15. The molecule has 0 spiro atoms. The van der Waals surface area contributed by atoms with E-state index >= 15 is 8.63 Å². The zero-order valence-corrected chi connectivity index (χ0v) is 19.9. The number of amides is 2. The highest BCUT2D eigenvalue weighted by Crippen LogP contribution is 2.35. The zero-order chi connectivity index (χ0) is 24.5. The van der Waals surface area contributed by atoms with E-state index in [-0.39, 0.29) is 37.2 Å². The van der Waals surface area contributed by atoms with Gasteiger partial charge in [0.1, 0.15) is 5.71 Å². The maximum atomic E-state index is 15.6. The van der Waals surface area contributed by atoms with E-state index in [2.05, 4.69) is 6.07 Å². The van der Waals surface area contributed by atoms with Crippen LogP contribution in [0.15, 0.2) is 48.2 Å². The average Bonchev–Trinajstić information content (AvgIpc) is 3.38. The molecule has 0 aliphatic carbocycles. The van der Waals surface area contributed by atoms with Crippen molar-refractivity contribution < 1.29 is 22.7 Å². The number of carbonyl (C=O) groups is 2. The Balaban J connectivity index is 1.22. The molecule has 2 amide bonds. The summed E-state index contributed by atoms with van der Waals surface area (Å²) in [6.45, 7) is 0.623. The van der Waals surface area contributed by atoms with E-state index in [0.717, 1.165) is 26.5 Å². The normalized spacial score (nSPS) is 22.0. The van der Waals surface area contributed by atoms with E-state index in [9.17, 15) is 9.59 Å². The third-order valence-corrected chi connectivity index (χ3v) is 7.81. The van der Waals surface area contributed by atoms with Crippen molar-refractivity contribution in [2.45, 2.75) is 39.2 Å². The van der Waals surface area contributed by atoms with Crippen molar-refractivity contribution in [3.63, 3.8) is 0 Å². The van der Waals surface area contributed by atoms with Gasteiger partial charge in [0.2, 0.25) is 11.8 Å². The predicted octanol–water partition coefficient (Wildman–Crippen LogP) is 3.45. The van der Waals surface area contributed by atoms with E-state index in [1.165, 1.54) is 5.56 Å². The van der Waals surface area contributed by atoms with Gasteiger partial charge in [-0.2, -0.15) is 0 Å². The molecule has 0 radical (unpaired) electrons. The second-order valence-corrected chi connectivity index (χ2v) is 9.90. The Kier molecular flexibility index (Phi) is 4.88. The van der Waals surface area contributed by atoms with Crippen molar-refractivity contribution >= 4 is 30.6 Å². The molecule has 2 aromatic rings. The molecule has 1 saturated heterocycles. The minimum absolute atomic E-state index is 0.0445. The summed E-state index contributed by atoms with van der Waals surface area (Å²) in [5.74, 6) is -0.236. The molecule has 180 valence electrons. The number of hydrogen-bond acceptors (Lipinski definition) is 2. The molecule has 6 nitrogen and oxygen atoms in total. The molecule has 35 heavy (non-hydrogen) atoms. The Morgan fingerprint density at radius 3 is 2.83 bits per heavy atom. The molecule has 1 fully saturated rings. The first-order valence-corrected chi connectivity index (χ1v) is 12.2. The van der Waals surface area contributed by atoms with E-state index in [0.29, 0.717) is 35.9 Å². The summed E-state index contributed by atoms with van der Waals surface area (Å²) in [5.41, 5.74) is 5.06. The second-order valence-electron chi connectivity index (χ2n) is 9.90. The fraction of sp³-hybridized carbons (Fsp3) is 0.346. The maximum absolute atomic E-state index is 15.6. The molecule has 0 bridgehead atoms. The lowest BCUT2D eigenvalue weighted by Crippen LogP contribution is -2.55. The smallest absolute Gasteiger partial charge is 0.394 e. The number of fused-ring (bicyclic) bond motifs is 5. The first kappa shape index (κ1) is 22.0. The van der Waals surface area contributed by atoms with Crippen LogP contribution in [-0.4, -0.2) is 62.9 Å². The van der Waals surface area contributed by atoms with Crippen molar-refractivity contribution in [2.75, 3.05) is 19.6 Å². The topological polar surface area (TPSA) is 48.6 Å². The summed E-state index contributed by atoms with van der Waals surface area (Å²) in [5, 5.41) is 0. The van der Waals surface area contributed by atoms with Gasteiger partial charge in [0.15, 0.2) is 5.70 Å². The number of aryl methyl sites for hydroxylation is 2. The highest BCUT2D eigenvalue weighted by molar-refractivity contribution is 6.58. The van der Waals surface area contributed by atoms with E-state index in [4.69, 9.17) is 0 Å². The minimum atomic E-state index is -4.05. The largest absolute Gasteiger partial charge is 0.737 e. The Labute approximate surface area is 202 Å². The maximum Gasteiger partial charge on any atom is 0.737 e. The summed E-state index contributed by atoms with van der Waals surface area (Å²) in [7, 11) is 0. The summed E-state index contributed by atoms with van der Waals surface area (Å²) < 4.78 is 33.5. The van der Waals surface area contributed by atoms with Crippen LogP contribution < -0.4 is 0 Å². The first-order chi connectivity index (χ1) is 16.8. The molecule has 1 aromatic heterocycles. The molecule has 4 aliphatic rings. The van der Waals surface area contributed by atoms with Crippen molar-refractivity contribution in [2.24, 2.45) is 0 Å². The standard InChI is InChI=1S/C26H27BF2N4O2/c1-17-13-18(2)32-23(17)14-21-8-7-20(33(21)27(32,28)29)9-10-25(34)30-15-24-22-6-4-3-5-19(22)11-12-31(24)26(35)16-30/h3-8,13-14,24H,9-12,15-16H2,1-2H3/t24-/m1/s1. The van der Waals surface area contributed by atoms with Gasteiger partial charge in [-0.15, -0.1) is 0 Å². The molecular formula is C26H27BF2N4O2. The lowest BCUT2D eigenvalue weighted by atomic mass is 9.90. The van der Waals surface area contributed by atoms with Gasteiger partial charge in [-0.25, -0.2) is 0 Å². The molecule has 0 saturated carbocycles. The Hall–Kier alpha value is -3.49. The van der Waals surface area contributed by atoms with Gasteiger partial charge in [0.25, 0.3) is 0 Å². The van der Waals surface area contributed by atoms with Crippen LogP contribution in [0, 0.1) is 13.8 Å². The van der Waals surface area contributed by atoms with Crippen LogP contribution in [0.2, 0.25) is 0 Å². The predicted molar refractivity (Wildman–Crippen MR) is 130 cm³/mol. The number of benzene rings is 1. The number of aromatic nitrogens is 1. The molecule has 9 heteroatoms. The van der Waals surface area contributed by atoms with Gasteiger partial charge in [-0.05, 0) is 48.7 Å². The monoisotopic (exact) mass is 476 g/mol. The minimum Gasteiger partial charge on any atom is -0.394 e. The number of nitrogens with zero attached hydrogens (tertiary/aromatic N) is 4. The zero-order valence-electron chi connectivity index (χ0n) is 19.9. The van der Waals surface area contributed by atoms with Crippen molar-refractivity contribution in [1.82, 2.24) is 14.3 Å². The van der Waals surface area contributed by atoms with Crippen LogP contribution in [0.1, 0.15) is 47.0 Å². The second kappa shape index (κ2) is 7.76. The Morgan fingerprint density at radius 1 is 1.20 bits per heavy atom. The van der Waals surface area contributed by atoms with Crippen LogP contribution in [0.4, 0.5) is 8.63 Å². The van der Waals surface area contributed by atoms with Crippen molar-refractivity contribution in [1.29, 1.82) is 0 Å². The quantitative estimate of drug-likeness (QED) is 0.638. The van der Waals surface area contributed by atoms with Crippen LogP contribution in [0.25, 0.3) is 6.08 Å². The van der Waals surface area contributed by atoms with Crippen LogP contribution in [-0.2, 0) is 16.0 Å². The fourth-order valence-corrected chi connectivity index (χ4v) is 6.15. The number of allylic oxidation sites excluding steroid dienone is 2. The average molecular weight is 476 g/mol. The molecule has 0 unspecified atom stereocenters. The Morgan fingerprint density at radius 2 is 2.00 bits per heavy atom. The SMILES string of the molecule is Cc1cc(C)n2c1C=C1C=CC(CCC(=O)N3CC(=O)N4CCc5ccccc5[C@H]4C3)=[N+]1[B-]2(F)F. The molecule has 5 heterocycles. The lowest BCUT2D eigenvalue weighted by Gasteiger charge is -2.44. The third-order valence-electron chi connectivity index (χ3n) is 7.81. The van der Waals surface area contributed by atoms with Crippen LogP contribution >= 0.6 is 0 Å². The van der Waals surface area contributed by atoms with Gasteiger partial charge in [0.05, 0.1) is 12.6 Å². The van der Waals surface area contributed by atoms with E-state index in [1.807, 2.05) is 30.0 Å². The highest BCUT2D eigenvalue weighted by Gasteiger charge is 2.52. The van der Waals surface area contributed by atoms with Crippen LogP contribution in [0.5, 0.6) is 0 Å². The number of rotatable bonds is 3. The number of piperazine rings is 1. The van der Waals surface area contributed by atoms with Crippen molar-refractivity contribution in [3.8, 4) is 0 Å². The van der Waals surface area contributed by atoms with Gasteiger partial charge >= 0.3 is 6.97 Å². The van der Waals surface area contributed by atoms with E-state index < -0.39 is 6.97 Å². The third kappa shape index (κ3) is 3.31. The van der Waals surface area contributed by atoms with Crippen molar-refractivity contribution in [3.05, 3.63) is 76.3 Å². The molecule has 6 rings (SSSR count). The van der Waals surface area contributed by atoms with Gasteiger partial charge < -0.3 is 27.4 Å². The summed E-state index contributed by atoms with van der Waals surface area (Å²) in [6.07, 6.45) is 6.25. The number of carbonyl (C=O) groups excluding carboxylic acids is 2. The molecular weight excluding hydrogens is 449 g/mol.